The quantitative estimate of drug-likeness (QED) is 0.142. The predicted octanol–water partition coefficient (Wildman–Crippen LogP) is 16.4. The first-order valence-electron chi connectivity index (χ1n) is 23.0. The number of halogens is 2. The van der Waals surface area contributed by atoms with Gasteiger partial charge in [0.15, 0.2) is 0 Å². The molecule has 0 amide bonds. The first kappa shape index (κ1) is 49.6. The van der Waals surface area contributed by atoms with Gasteiger partial charge in [-0.1, -0.05) is 0 Å². The van der Waals surface area contributed by atoms with Crippen molar-refractivity contribution < 1.29 is 21.3 Å². The van der Waals surface area contributed by atoms with Crippen LogP contribution in [0.15, 0.2) is 149 Å². The van der Waals surface area contributed by atoms with Crippen LogP contribution < -0.4 is 3.27 Å². The van der Waals surface area contributed by atoms with E-state index in [9.17, 15) is 0 Å². The van der Waals surface area contributed by atoms with Gasteiger partial charge in [-0.25, -0.2) is 0 Å². The van der Waals surface area contributed by atoms with E-state index in [4.69, 9.17) is 0 Å². The Morgan fingerprint density at radius 3 is 1.44 bits per heavy atom. The molecule has 8 rings (SSSR count). The molecule has 0 N–H and O–H groups in total. The number of rotatable bonds is 8. The van der Waals surface area contributed by atoms with Crippen LogP contribution in [0.4, 0.5) is 0 Å². The second kappa shape index (κ2) is 19.2. The molecule has 6 aromatic rings. The molecule has 0 bridgehead atoms. The second-order valence-electron chi connectivity index (χ2n) is 22.2. The number of benzene rings is 6. The van der Waals surface area contributed by atoms with E-state index in [-0.39, 0.29) is 46.5 Å². The third-order valence-corrected chi connectivity index (χ3v) is 21.0. The minimum Gasteiger partial charge on any atom is -0.147 e. The fourth-order valence-corrected chi connectivity index (χ4v) is 18.5. The van der Waals surface area contributed by atoms with Crippen LogP contribution in [0.1, 0.15) is 134 Å². The fourth-order valence-electron chi connectivity index (χ4n) is 9.81. The SMILES string of the molecule is CC(C)(C)c1ccc(-c2cc3c(cc2C(C)(C)C)-c2cc(C(C)(C)C)c(-c4ccc(C(C)(C)C)cc4)[c]([Zr]([C]4=CC=CC4)=[C](Cc4ccccc4)Cc4ccccc4)c2C3)cc1.Cl.Cl. The smallest absolute Gasteiger partial charge is 0.147 e. The van der Waals surface area contributed by atoms with Crippen molar-refractivity contribution in [3.05, 3.63) is 193 Å². The molecule has 0 aromatic heterocycles. The monoisotopic (exact) mass is 962 g/mol. The zero-order valence-electron chi connectivity index (χ0n) is 40.5. The molecule has 2 aliphatic carbocycles. The zero-order valence-corrected chi connectivity index (χ0v) is 44.6. The fraction of sp³-hybridized carbons (Fsp3) is 0.328. The molecule has 0 fully saturated rings. The van der Waals surface area contributed by atoms with Gasteiger partial charge in [-0.15, -0.1) is 24.8 Å². The van der Waals surface area contributed by atoms with E-state index in [0.717, 1.165) is 25.7 Å². The van der Waals surface area contributed by atoms with Crippen molar-refractivity contribution in [2.45, 2.75) is 130 Å². The Morgan fingerprint density at radius 2 is 0.984 bits per heavy atom. The summed E-state index contributed by atoms with van der Waals surface area (Å²) >= 11 is -2.96. The van der Waals surface area contributed by atoms with Gasteiger partial charge in [-0.3, -0.25) is 0 Å². The summed E-state index contributed by atoms with van der Waals surface area (Å²) in [7, 11) is 0. The minimum atomic E-state index is -2.96. The van der Waals surface area contributed by atoms with E-state index in [1.807, 2.05) is 0 Å². The maximum atomic E-state index is 2.65. The summed E-state index contributed by atoms with van der Waals surface area (Å²) in [5, 5.41) is 0. The Kier molecular flexibility index (Phi) is 14.8. The summed E-state index contributed by atoms with van der Waals surface area (Å²) in [6.45, 7) is 28.5. The van der Waals surface area contributed by atoms with Crippen molar-refractivity contribution >= 4 is 31.3 Å². The van der Waals surface area contributed by atoms with Crippen LogP contribution in [0.3, 0.4) is 0 Å². The van der Waals surface area contributed by atoms with Gasteiger partial charge in [-0.2, -0.15) is 0 Å². The van der Waals surface area contributed by atoms with Crippen molar-refractivity contribution in [1.82, 2.24) is 0 Å². The van der Waals surface area contributed by atoms with Crippen molar-refractivity contribution in [1.29, 1.82) is 0 Å². The van der Waals surface area contributed by atoms with Crippen LogP contribution in [0.5, 0.6) is 0 Å². The van der Waals surface area contributed by atoms with Crippen LogP contribution >= 0.6 is 24.8 Å². The number of allylic oxidation sites excluding steroid dienone is 4. The molecule has 0 radical (unpaired) electrons. The Hall–Kier alpha value is -3.87. The van der Waals surface area contributed by atoms with Gasteiger partial charge < -0.3 is 0 Å². The molecule has 0 unspecified atom stereocenters. The summed E-state index contributed by atoms with van der Waals surface area (Å²) in [5.74, 6) is 0. The second-order valence-corrected chi connectivity index (χ2v) is 28.6. The van der Waals surface area contributed by atoms with E-state index in [1.165, 1.54) is 72.3 Å². The molecular weight excluding hydrogens is 895 g/mol. The van der Waals surface area contributed by atoms with Crippen LogP contribution in [0.25, 0.3) is 33.4 Å². The van der Waals surface area contributed by atoms with Gasteiger partial charge >= 0.3 is 385 Å². The summed E-state index contributed by atoms with van der Waals surface area (Å²) in [6, 6.07) is 49.8. The zero-order chi connectivity index (χ0) is 44.2. The van der Waals surface area contributed by atoms with E-state index in [0.29, 0.717) is 0 Å². The molecule has 6 aromatic carbocycles. The standard InChI is InChI=1S/C41H49.C15H14.C5H5.2ClH.Zr/c1-38(2,3)30-17-13-26(14-18-30)34-22-28-21-29-23-35(27-15-19-31(20-16-27)39(4,5)6)37(41(10,11)12)25-33(29)32(28)24-36(34)40(7,8)9;1-3-8-14(9-4-1)12-7-13-15-10-5-2-6-11-15;1-2-4-5-3-1;;;/h13-20,22,24-25H,21H2,1-12H3;1-6,8-11H,12-13H2;1-3H,4H2;2*1H;. The maximum absolute atomic E-state index is 2.96. The molecule has 0 atom stereocenters. The Morgan fingerprint density at radius 1 is 0.500 bits per heavy atom. The van der Waals surface area contributed by atoms with Gasteiger partial charge in [0.25, 0.3) is 0 Å². The topological polar surface area (TPSA) is 0 Å². The molecule has 0 nitrogen and oxygen atoms in total. The van der Waals surface area contributed by atoms with Crippen molar-refractivity contribution in [3.8, 4) is 33.4 Å². The molecule has 0 aliphatic heterocycles. The van der Waals surface area contributed by atoms with Crippen LogP contribution in [0.2, 0.25) is 0 Å². The number of hydrogen-bond acceptors (Lipinski definition) is 0. The van der Waals surface area contributed by atoms with Gasteiger partial charge in [0.2, 0.25) is 0 Å². The van der Waals surface area contributed by atoms with Gasteiger partial charge in [-0.05, 0) is 0 Å². The Balaban J connectivity index is 0.00000340. The summed E-state index contributed by atoms with van der Waals surface area (Å²) < 4.78 is 5.16. The van der Waals surface area contributed by atoms with E-state index < -0.39 is 21.3 Å². The number of fused-ring (bicyclic) bond motifs is 3. The molecule has 3 heteroatoms. The van der Waals surface area contributed by atoms with Crippen molar-refractivity contribution in [2.75, 3.05) is 0 Å². The van der Waals surface area contributed by atoms with Crippen LogP contribution in [-0.4, -0.2) is 3.21 Å². The largest absolute Gasteiger partial charge is 0.147 e. The van der Waals surface area contributed by atoms with Gasteiger partial charge in [0.05, 0.1) is 0 Å². The summed E-state index contributed by atoms with van der Waals surface area (Å²) in [6.07, 6.45) is 11.3. The molecule has 0 spiro atoms. The molecular formula is C61H70Cl2Zr. The first-order chi connectivity index (χ1) is 29.3. The van der Waals surface area contributed by atoms with Crippen molar-refractivity contribution in [3.63, 3.8) is 0 Å². The maximum Gasteiger partial charge on any atom is -0.147 e. The predicted molar refractivity (Wildman–Crippen MR) is 282 cm³/mol. The molecule has 332 valence electrons. The van der Waals surface area contributed by atoms with Gasteiger partial charge in [0.1, 0.15) is 0 Å². The number of hydrogen-bond donors (Lipinski definition) is 0. The van der Waals surface area contributed by atoms with Gasteiger partial charge in [0, 0.05) is 0 Å². The summed E-state index contributed by atoms with van der Waals surface area (Å²) in [5.41, 5.74) is 20.1. The molecule has 2 aliphatic rings. The average molecular weight is 965 g/mol. The van der Waals surface area contributed by atoms with E-state index in [2.05, 4.69) is 229 Å². The Labute approximate surface area is 406 Å². The average Bonchev–Trinajstić information content (AvgIpc) is 3.88. The normalized spacial score (nSPS) is 13.4. The minimum absolute atomic E-state index is 0. The van der Waals surface area contributed by atoms with E-state index >= 15 is 0 Å². The molecule has 64 heavy (non-hydrogen) atoms. The molecule has 0 saturated heterocycles. The van der Waals surface area contributed by atoms with E-state index in [1.54, 1.807) is 15.3 Å². The molecule has 0 heterocycles. The van der Waals surface area contributed by atoms with Crippen molar-refractivity contribution in [2.24, 2.45) is 0 Å². The summed E-state index contributed by atoms with van der Waals surface area (Å²) in [4.78, 5) is 0. The van der Waals surface area contributed by atoms with Crippen LogP contribution in [0, 0.1) is 0 Å². The van der Waals surface area contributed by atoms with Crippen LogP contribution in [-0.2, 0) is 62.2 Å². The third-order valence-electron chi connectivity index (χ3n) is 13.3. The Bertz CT molecular complexity index is 2660. The third kappa shape index (κ3) is 10.4. The molecule has 0 saturated carbocycles. The first-order valence-corrected chi connectivity index (χ1v) is 26.7.